The van der Waals surface area contributed by atoms with E-state index >= 15 is 0 Å². The number of hydrogen-bond acceptors (Lipinski definition) is 3. The molecule has 1 unspecified atom stereocenters. The predicted octanol–water partition coefficient (Wildman–Crippen LogP) is 1.59. The summed E-state index contributed by atoms with van der Waals surface area (Å²) in [7, 11) is -1.61. The largest absolute Gasteiger partial charge is 0.613 e. The van der Waals surface area contributed by atoms with Gasteiger partial charge in [-0.3, -0.25) is 0 Å². The molecule has 0 rings (SSSR count). The van der Waals surface area contributed by atoms with Crippen molar-refractivity contribution in [2.24, 2.45) is 0 Å². The lowest BCUT2D eigenvalue weighted by atomic mass is 10.9. The molecule has 3 nitrogen and oxygen atoms in total. The summed E-state index contributed by atoms with van der Waals surface area (Å²) in [5.41, 5.74) is 0. The Morgan fingerprint density at radius 1 is 1.78 bits per heavy atom. The molecule has 0 saturated carbocycles. The summed E-state index contributed by atoms with van der Waals surface area (Å²) in [6, 6.07) is 0. The summed E-state index contributed by atoms with van der Waals surface area (Å²) in [4.78, 5) is 0. The summed E-state index contributed by atoms with van der Waals surface area (Å²) in [5.74, 6) is 0.676. The fraction of sp³-hybridized carbons (Fsp3) is 1.00. The summed E-state index contributed by atoms with van der Waals surface area (Å²) < 4.78 is 15.3. The van der Waals surface area contributed by atoms with E-state index in [1.807, 2.05) is 13.2 Å². The zero-order chi connectivity index (χ0) is 7.11. The second kappa shape index (κ2) is 6.49. The smallest absolute Gasteiger partial charge is 0.146 e. The van der Waals surface area contributed by atoms with Crippen molar-refractivity contribution >= 4 is 19.9 Å². The first kappa shape index (κ1) is 9.37. The molecule has 0 spiro atoms. The highest BCUT2D eigenvalue weighted by atomic mass is 32.2. The zero-order valence-corrected chi connectivity index (χ0v) is 7.30. The Hall–Kier alpha value is 0.370. The van der Waals surface area contributed by atoms with E-state index in [4.69, 9.17) is 4.52 Å². The van der Waals surface area contributed by atoms with Gasteiger partial charge in [-0.15, -0.1) is 16.3 Å². The summed E-state index contributed by atoms with van der Waals surface area (Å²) in [6.07, 6.45) is 1.93. The highest BCUT2D eigenvalue weighted by Gasteiger charge is 2.13. The van der Waals surface area contributed by atoms with Crippen molar-refractivity contribution in [3.8, 4) is 0 Å². The molecule has 0 amide bonds. The van der Waals surface area contributed by atoms with E-state index in [0.717, 1.165) is 0 Å². The lowest BCUT2D eigenvalue weighted by molar-refractivity contribution is 0.345. The SMILES string of the molecule is CCO[P+](=O)NCSC. The minimum absolute atomic E-state index is 0.497. The maximum atomic E-state index is 10.6. The Morgan fingerprint density at radius 2 is 2.44 bits per heavy atom. The fourth-order valence-corrected chi connectivity index (χ4v) is 1.54. The standard InChI is InChI=1S/C4H11NO2PS/c1-3-7-8(6)5-4-9-2/h3-4H2,1-2H3,(H,5,6)/q+1. The summed E-state index contributed by atoms with van der Waals surface area (Å²) in [6.45, 7) is 2.31. The van der Waals surface area contributed by atoms with Crippen LogP contribution in [0.25, 0.3) is 0 Å². The van der Waals surface area contributed by atoms with Gasteiger partial charge in [0.1, 0.15) is 6.61 Å². The molecule has 5 heteroatoms. The van der Waals surface area contributed by atoms with Crippen molar-refractivity contribution in [1.29, 1.82) is 0 Å². The number of hydrogen-bond donors (Lipinski definition) is 1. The Morgan fingerprint density at radius 3 is 2.89 bits per heavy atom. The molecule has 0 aromatic carbocycles. The van der Waals surface area contributed by atoms with Crippen LogP contribution in [0.4, 0.5) is 0 Å². The van der Waals surface area contributed by atoms with Gasteiger partial charge in [0.25, 0.3) is 0 Å². The van der Waals surface area contributed by atoms with Crippen LogP contribution >= 0.6 is 19.9 Å². The summed E-state index contributed by atoms with van der Waals surface area (Å²) in [5, 5.41) is 2.68. The highest BCUT2D eigenvalue weighted by Crippen LogP contribution is 2.15. The molecule has 0 aromatic heterocycles. The molecule has 0 aliphatic heterocycles. The first-order chi connectivity index (χ1) is 4.31. The van der Waals surface area contributed by atoms with E-state index in [1.54, 1.807) is 11.8 Å². The molecule has 9 heavy (non-hydrogen) atoms. The Kier molecular flexibility index (Phi) is 6.76. The van der Waals surface area contributed by atoms with Crippen molar-refractivity contribution in [2.75, 3.05) is 18.7 Å². The predicted molar refractivity (Wildman–Crippen MR) is 40.8 cm³/mol. The minimum Gasteiger partial charge on any atom is -0.146 e. The average molecular weight is 168 g/mol. The molecule has 0 heterocycles. The van der Waals surface area contributed by atoms with Crippen LogP contribution in [0.2, 0.25) is 0 Å². The van der Waals surface area contributed by atoms with Crippen LogP contribution in [0.15, 0.2) is 0 Å². The molecule has 0 aliphatic rings. The number of nitrogens with one attached hydrogen (secondary N) is 1. The molecule has 0 aliphatic carbocycles. The van der Waals surface area contributed by atoms with Gasteiger partial charge in [0.15, 0.2) is 0 Å². The maximum Gasteiger partial charge on any atom is 0.613 e. The second-order valence-corrected chi connectivity index (χ2v) is 3.22. The minimum atomic E-state index is -1.61. The van der Waals surface area contributed by atoms with Crippen molar-refractivity contribution in [2.45, 2.75) is 6.92 Å². The van der Waals surface area contributed by atoms with Crippen LogP contribution in [-0.4, -0.2) is 18.7 Å². The van der Waals surface area contributed by atoms with Crippen LogP contribution in [0.1, 0.15) is 6.92 Å². The Labute approximate surface area is 60.5 Å². The lowest BCUT2D eigenvalue weighted by Gasteiger charge is -1.85. The Bertz CT molecular complexity index is 90.6. The quantitative estimate of drug-likeness (QED) is 0.499. The normalized spacial score (nSPS) is 11.6. The zero-order valence-electron chi connectivity index (χ0n) is 5.59. The highest BCUT2D eigenvalue weighted by molar-refractivity contribution is 7.98. The molecule has 0 aromatic rings. The maximum absolute atomic E-state index is 10.6. The van der Waals surface area contributed by atoms with Crippen molar-refractivity contribution < 1.29 is 9.09 Å². The summed E-state index contributed by atoms with van der Waals surface area (Å²) >= 11 is 1.58. The van der Waals surface area contributed by atoms with Crippen molar-refractivity contribution in [3.63, 3.8) is 0 Å². The van der Waals surface area contributed by atoms with Gasteiger partial charge in [0.2, 0.25) is 0 Å². The van der Waals surface area contributed by atoms with E-state index in [-0.39, 0.29) is 0 Å². The average Bonchev–Trinajstić information content (AvgIpc) is 1.85. The molecule has 54 valence electrons. The van der Waals surface area contributed by atoms with Gasteiger partial charge in [-0.2, -0.15) is 0 Å². The molecule has 0 radical (unpaired) electrons. The molecule has 0 bridgehead atoms. The van der Waals surface area contributed by atoms with Crippen LogP contribution in [-0.2, 0) is 9.09 Å². The lowest BCUT2D eigenvalue weighted by Crippen LogP contribution is -2.02. The van der Waals surface area contributed by atoms with Gasteiger partial charge in [-0.25, -0.2) is 0 Å². The van der Waals surface area contributed by atoms with Gasteiger partial charge in [0, 0.05) is 0 Å². The third-order valence-electron chi connectivity index (χ3n) is 0.584. The molecule has 1 atom stereocenters. The van der Waals surface area contributed by atoms with Gasteiger partial charge in [-0.05, 0) is 17.7 Å². The van der Waals surface area contributed by atoms with Crippen LogP contribution in [0.5, 0.6) is 0 Å². The molecule has 0 fully saturated rings. The fourth-order valence-electron chi connectivity index (χ4n) is 0.280. The number of rotatable bonds is 5. The van der Waals surface area contributed by atoms with E-state index in [0.29, 0.717) is 12.5 Å². The topological polar surface area (TPSA) is 38.3 Å². The number of thioether (sulfide) groups is 1. The van der Waals surface area contributed by atoms with Gasteiger partial charge < -0.3 is 0 Å². The molecule has 1 N–H and O–H groups in total. The van der Waals surface area contributed by atoms with E-state index < -0.39 is 8.18 Å². The third kappa shape index (κ3) is 6.25. The Balaban J connectivity index is 3.06. The van der Waals surface area contributed by atoms with Gasteiger partial charge >= 0.3 is 8.18 Å². The van der Waals surface area contributed by atoms with Crippen molar-refractivity contribution in [1.82, 2.24) is 5.09 Å². The molecular formula is C4H11NO2PS+. The van der Waals surface area contributed by atoms with Crippen LogP contribution < -0.4 is 5.09 Å². The first-order valence-electron chi connectivity index (χ1n) is 2.64. The van der Waals surface area contributed by atoms with Crippen LogP contribution in [0, 0.1) is 0 Å². The van der Waals surface area contributed by atoms with Crippen LogP contribution in [0.3, 0.4) is 0 Å². The second-order valence-electron chi connectivity index (χ2n) is 1.27. The third-order valence-corrected chi connectivity index (χ3v) is 2.14. The van der Waals surface area contributed by atoms with E-state index in [1.165, 1.54) is 0 Å². The van der Waals surface area contributed by atoms with Crippen molar-refractivity contribution in [3.05, 3.63) is 0 Å². The first-order valence-corrected chi connectivity index (χ1v) is 5.21. The van der Waals surface area contributed by atoms with Gasteiger partial charge in [-0.1, -0.05) is 5.09 Å². The van der Waals surface area contributed by atoms with E-state index in [2.05, 4.69) is 5.09 Å². The molecule has 0 saturated heterocycles. The van der Waals surface area contributed by atoms with E-state index in [9.17, 15) is 4.57 Å². The molecular weight excluding hydrogens is 157 g/mol. The monoisotopic (exact) mass is 168 g/mol. The van der Waals surface area contributed by atoms with Gasteiger partial charge in [0.05, 0.1) is 5.88 Å².